The molecule has 1 aromatic heterocycles. The third kappa shape index (κ3) is 4.85. The van der Waals surface area contributed by atoms with Gasteiger partial charge in [0, 0.05) is 12.6 Å². The predicted octanol–water partition coefficient (Wildman–Crippen LogP) is 3.30. The van der Waals surface area contributed by atoms with Gasteiger partial charge in [0.15, 0.2) is 0 Å². The first-order valence-corrected chi connectivity index (χ1v) is 8.51. The summed E-state index contributed by atoms with van der Waals surface area (Å²) >= 11 is 1.59. The molecule has 1 atom stereocenters. The summed E-state index contributed by atoms with van der Waals surface area (Å²) in [6.07, 6.45) is 6.51. The van der Waals surface area contributed by atoms with Crippen LogP contribution in [0.15, 0.2) is 10.6 Å². The van der Waals surface area contributed by atoms with Crippen LogP contribution in [0.5, 0.6) is 0 Å². The largest absolute Gasteiger partial charge is 0.360 e. The molecule has 1 aliphatic rings. The van der Waals surface area contributed by atoms with E-state index in [0.29, 0.717) is 11.7 Å². The molecular formula is C15H24N2O2S. The van der Waals surface area contributed by atoms with Crippen molar-refractivity contribution in [1.82, 2.24) is 10.5 Å². The molecule has 0 spiro atoms. The van der Waals surface area contributed by atoms with Gasteiger partial charge in [-0.1, -0.05) is 24.4 Å². The molecule has 4 nitrogen and oxygen atoms in total. The fourth-order valence-electron chi connectivity index (χ4n) is 2.55. The molecule has 0 aromatic carbocycles. The fourth-order valence-corrected chi connectivity index (χ4v) is 3.33. The lowest BCUT2D eigenvalue weighted by Crippen LogP contribution is -2.35. The van der Waals surface area contributed by atoms with E-state index in [1.54, 1.807) is 11.8 Å². The van der Waals surface area contributed by atoms with Crippen LogP contribution in [-0.2, 0) is 10.5 Å². The standard InChI is InChI=1S/C15H24N2O2S/c1-11-8-14(19-17-11)10-20-12(2)15(18)16-9-13-6-4-3-5-7-13/h8,12-13H,3-7,9-10H2,1-2H3,(H,16,18)/t12-/m0/s1. The Hall–Kier alpha value is -0.970. The molecule has 1 heterocycles. The smallest absolute Gasteiger partial charge is 0.232 e. The van der Waals surface area contributed by atoms with Gasteiger partial charge in [0.25, 0.3) is 0 Å². The number of aromatic nitrogens is 1. The number of nitrogens with one attached hydrogen (secondary N) is 1. The number of aryl methyl sites for hydroxylation is 1. The Bertz CT molecular complexity index is 427. The number of amides is 1. The van der Waals surface area contributed by atoms with E-state index in [2.05, 4.69) is 10.5 Å². The maximum absolute atomic E-state index is 12.0. The number of thioether (sulfide) groups is 1. The Morgan fingerprint density at radius 2 is 2.25 bits per heavy atom. The van der Waals surface area contributed by atoms with Gasteiger partial charge in [-0.3, -0.25) is 4.79 Å². The van der Waals surface area contributed by atoms with E-state index in [1.165, 1.54) is 32.1 Å². The Morgan fingerprint density at radius 3 is 2.90 bits per heavy atom. The minimum Gasteiger partial charge on any atom is -0.360 e. The summed E-state index contributed by atoms with van der Waals surface area (Å²) in [4.78, 5) is 12.0. The van der Waals surface area contributed by atoms with Crippen LogP contribution in [0, 0.1) is 12.8 Å². The maximum Gasteiger partial charge on any atom is 0.232 e. The number of carbonyl (C=O) groups is 1. The third-order valence-corrected chi connectivity index (χ3v) is 4.98. The monoisotopic (exact) mass is 296 g/mol. The van der Waals surface area contributed by atoms with E-state index in [-0.39, 0.29) is 11.2 Å². The van der Waals surface area contributed by atoms with Crippen molar-refractivity contribution in [2.45, 2.75) is 57.0 Å². The Labute approximate surface area is 125 Å². The number of rotatable bonds is 6. The molecule has 1 saturated carbocycles. The molecule has 0 radical (unpaired) electrons. The lowest BCUT2D eigenvalue weighted by molar-refractivity contribution is -0.120. The van der Waals surface area contributed by atoms with Gasteiger partial charge in [-0.15, -0.1) is 11.8 Å². The maximum atomic E-state index is 12.0. The van der Waals surface area contributed by atoms with E-state index in [1.807, 2.05) is 19.9 Å². The average molecular weight is 296 g/mol. The van der Waals surface area contributed by atoms with Gasteiger partial charge in [0.2, 0.25) is 5.91 Å². The Morgan fingerprint density at radius 1 is 1.50 bits per heavy atom. The van der Waals surface area contributed by atoms with Gasteiger partial charge >= 0.3 is 0 Å². The van der Waals surface area contributed by atoms with Crippen LogP contribution in [0.4, 0.5) is 0 Å². The van der Waals surface area contributed by atoms with Crippen molar-refractivity contribution in [3.63, 3.8) is 0 Å². The van der Waals surface area contributed by atoms with E-state index < -0.39 is 0 Å². The molecule has 0 bridgehead atoms. The van der Waals surface area contributed by atoms with Gasteiger partial charge in [0.05, 0.1) is 16.7 Å². The fraction of sp³-hybridized carbons (Fsp3) is 0.733. The summed E-state index contributed by atoms with van der Waals surface area (Å²) < 4.78 is 5.15. The van der Waals surface area contributed by atoms with Gasteiger partial charge in [-0.2, -0.15) is 0 Å². The van der Waals surface area contributed by atoms with Crippen LogP contribution < -0.4 is 5.32 Å². The summed E-state index contributed by atoms with van der Waals surface area (Å²) in [5.74, 6) is 2.34. The predicted molar refractivity (Wildman–Crippen MR) is 81.6 cm³/mol. The minimum atomic E-state index is -0.0519. The summed E-state index contributed by atoms with van der Waals surface area (Å²) in [6, 6.07) is 1.92. The zero-order chi connectivity index (χ0) is 14.4. The molecule has 5 heteroatoms. The number of carbonyl (C=O) groups excluding carboxylic acids is 1. The van der Waals surface area contributed by atoms with Crippen molar-refractivity contribution in [2.24, 2.45) is 5.92 Å². The van der Waals surface area contributed by atoms with Crippen molar-refractivity contribution in [2.75, 3.05) is 6.54 Å². The molecule has 0 aliphatic heterocycles. The van der Waals surface area contributed by atoms with Crippen molar-refractivity contribution < 1.29 is 9.32 Å². The van der Waals surface area contributed by atoms with Crippen LogP contribution >= 0.6 is 11.8 Å². The van der Waals surface area contributed by atoms with Crippen LogP contribution in [-0.4, -0.2) is 22.9 Å². The van der Waals surface area contributed by atoms with Crippen LogP contribution in [0.1, 0.15) is 50.5 Å². The van der Waals surface area contributed by atoms with Crippen molar-refractivity contribution >= 4 is 17.7 Å². The molecule has 112 valence electrons. The molecule has 0 unspecified atom stereocenters. The van der Waals surface area contributed by atoms with Crippen molar-refractivity contribution in [3.8, 4) is 0 Å². The molecule has 20 heavy (non-hydrogen) atoms. The number of hydrogen-bond acceptors (Lipinski definition) is 4. The van der Waals surface area contributed by atoms with Crippen LogP contribution in [0.2, 0.25) is 0 Å². The van der Waals surface area contributed by atoms with Gasteiger partial charge < -0.3 is 9.84 Å². The minimum absolute atomic E-state index is 0.0519. The van der Waals surface area contributed by atoms with Gasteiger partial charge in [0.1, 0.15) is 5.76 Å². The molecule has 1 amide bonds. The first-order valence-electron chi connectivity index (χ1n) is 7.46. The number of nitrogens with zero attached hydrogens (tertiary/aromatic N) is 1. The average Bonchev–Trinajstić information content (AvgIpc) is 2.89. The molecule has 2 rings (SSSR count). The van der Waals surface area contributed by atoms with E-state index in [0.717, 1.165) is 18.0 Å². The Kier molecular flexibility index (Phi) is 5.95. The van der Waals surface area contributed by atoms with E-state index >= 15 is 0 Å². The quantitative estimate of drug-likeness (QED) is 0.875. The third-order valence-electron chi connectivity index (χ3n) is 3.81. The lowest BCUT2D eigenvalue weighted by Gasteiger charge is -2.22. The second kappa shape index (κ2) is 7.72. The zero-order valence-corrected chi connectivity index (χ0v) is 13.2. The zero-order valence-electron chi connectivity index (χ0n) is 12.4. The van der Waals surface area contributed by atoms with Crippen LogP contribution in [0.3, 0.4) is 0 Å². The highest BCUT2D eigenvalue weighted by molar-refractivity contribution is 7.99. The molecule has 1 N–H and O–H groups in total. The lowest BCUT2D eigenvalue weighted by atomic mass is 9.89. The molecule has 0 saturated heterocycles. The second-order valence-corrected chi connectivity index (χ2v) is 6.97. The summed E-state index contributed by atoms with van der Waals surface area (Å²) in [5.41, 5.74) is 0.884. The molecule has 1 aliphatic carbocycles. The highest BCUT2D eigenvalue weighted by atomic mass is 32.2. The Balaban J connectivity index is 1.66. The SMILES string of the molecule is Cc1cc(CS[C@@H](C)C(=O)NCC2CCCCC2)on1. The molecule has 1 fully saturated rings. The summed E-state index contributed by atoms with van der Waals surface area (Å²) in [5, 5.41) is 6.88. The highest BCUT2D eigenvalue weighted by Crippen LogP contribution is 2.23. The van der Waals surface area contributed by atoms with E-state index in [4.69, 9.17) is 4.52 Å². The summed E-state index contributed by atoms with van der Waals surface area (Å²) in [6.45, 7) is 4.69. The van der Waals surface area contributed by atoms with Crippen molar-refractivity contribution in [1.29, 1.82) is 0 Å². The van der Waals surface area contributed by atoms with E-state index in [9.17, 15) is 4.79 Å². The number of hydrogen-bond donors (Lipinski definition) is 1. The first-order chi connectivity index (χ1) is 9.65. The highest BCUT2D eigenvalue weighted by Gasteiger charge is 2.18. The normalized spacial score (nSPS) is 17.9. The first kappa shape index (κ1) is 15.4. The van der Waals surface area contributed by atoms with Crippen molar-refractivity contribution in [3.05, 3.63) is 17.5 Å². The van der Waals surface area contributed by atoms with Gasteiger partial charge in [-0.05, 0) is 32.6 Å². The molecular weight excluding hydrogens is 272 g/mol. The topological polar surface area (TPSA) is 55.1 Å². The molecule has 1 aromatic rings. The van der Waals surface area contributed by atoms with Gasteiger partial charge in [-0.25, -0.2) is 0 Å². The summed E-state index contributed by atoms with van der Waals surface area (Å²) in [7, 11) is 0. The second-order valence-electron chi connectivity index (χ2n) is 5.64. The van der Waals surface area contributed by atoms with Crippen LogP contribution in [0.25, 0.3) is 0 Å².